The van der Waals surface area contributed by atoms with E-state index in [0.29, 0.717) is 0 Å². The Morgan fingerprint density at radius 2 is 1.93 bits per heavy atom. The molecule has 1 rings (SSSR count). The molecule has 0 radical (unpaired) electrons. The van der Waals surface area contributed by atoms with Crippen LogP contribution in [0.1, 0.15) is 12.5 Å². The van der Waals surface area contributed by atoms with Crippen LogP contribution < -0.4 is 0 Å². The maximum Gasteiger partial charge on any atom is 0.310 e. The van der Waals surface area contributed by atoms with Crippen LogP contribution in [0, 0.1) is 11.6 Å². The summed E-state index contributed by atoms with van der Waals surface area (Å²) in [5.41, 5.74) is 0.256. The molecular weight excluding hydrogens is 270 g/mol. The van der Waals surface area contributed by atoms with Gasteiger partial charge in [-0.1, -0.05) is 0 Å². The lowest BCUT2D eigenvalue weighted by Crippen LogP contribution is -2.08. The first-order chi connectivity index (χ1) is 7.04. The quantitative estimate of drug-likeness (QED) is 0.628. The number of hydrogen-bond donors (Lipinski definition) is 0. The predicted molar refractivity (Wildman–Crippen MR) is 54.4 cm³/mol. The molecule has 15 heavy (non-hydrogen) atoms. The smallest absolute Gasteiger partial charge is 0.310 e. The lowest BCUT2D eigenvalue weighted by Gasteiger charge is -2.04. The van der Waals surface area contributed by atoms with E-state index < -0.39 is 17.6 Å². The van der Waals surface area contributed by atoms with E-state index in [1.54, 1.807) is 6.92 Å². The molecule has 2 nitrogen and oxygen atoms in total. The van der Waals surface area contributed by atoms with Gasteiger partial charge in [0.05, 0.1) is 17.5 Å². The van der Waals surface area contributed by atoms with E-state index in [1.807, 2.05) is 0 Å². The Kier molecular flexibility index (Phi) is 4.20. The molecule has 0 unspecified atom stereocenters. The van der Waals surface area contributed by atoms with Crippen LogP contribution in [0.3, 0.4) is 0 Å². The first-order valence-electron chi connectivity index (χ1n) is 4.33. The van der Waals surface area contributed by atoms with Gasteiger partial charge >= 0.3 is 5.97 Å². The van der Waals surface area contributed by atoms with Crippen LogP contribution in [0.2, 0.25) is 0 Å². The largest absolute Gasteiger partial charge is 0.466 e. The number of rotatable bonds is 3. The van der Waals surface area contributed by atoms with Crippen molar-refractivity contribution in [2.75, 3.05) is 6.61 Å². The monoisotopic (exact) mass is 278 g/mol. The molecule has 0 spiro atoms. The van der Waals surface area contributed by atoms with Crippen molar-refractivity contribution >= 4 is 21.9 Å². The molecule has 5 heteroatoms. The molecule has 0 aliphatic carbocycles. The van der Waals surface area contributed by atoms with Crippen LogP contribution in [-0.4, -0.2) is 12.6 Å². The summed E-state index contributed by atoms with van der Waals surface area (Å²) in [6, 6.07) is 2.20. The van der Waals surface area contributed by atoms with Gasteiger partial charge in [-0.2, -0.15) is 0 Å². The molecule has 1 aromatic carbocycles. The number of halogens is 3. The minimum absolute atomic E-state index is 0.130. The Morgan fingerprint density at radius 1 is 1.40 bits per heavy atom. The van der Waals surface area contributed by atoms with Crippen LogP contribution in [0.5, 0.6) is 0 Å². The van der Waals surface area contributed by atoms with Crippen molar-refractivity contribution in [3.63, 3.8) is 0 Å². The lowest BCUT2D eigenvalue weighted by molar-refractivity contribution is -0.142. The van der Waals surface area contributed by atoms with Crippen molar-refractivity contribution in [2.45, 2.75) is 13.3 Å². The van der Waals surface area contributed by atoms with Crippen molar-refractivity contribution in [2.24, 2.45) is 0 Å². The fraction of sp³-hybridized carbons (Fsp3) is 0.300. The summed E-state index contributed by atoms with van der Waals surface area (Å²) >= 11 is 2.74. The highest BCUT2D eigenvalue weighted by atomic mass is 79.9. The first kappa shape index (κ1) is 12.1. The predicted octanol–water partition coefficient (Wildman–Crippen LogP) is 2.83. The number of ether oxygens (including phenoxy) is 1. The van der Waals surface area contributed by atoms with Crippen molar-refractivity contribution in [1.29, 1.82) is 0 Å². The van der Waals surface area contributed by atoms with Crippen molar-refractivity contribution in [1.82, 2.24) is 0 Å². The normalized spacial score (nSPS) is 10.1. The molecule has 1 aromatic rings. The van der Waals surface area contributed by atoms with Gasteiger partial charge in [0, 0.05) is 0 Å². The van der Waals surface area contributed by atoms with Gasteiger partial charge in [0.25, 0.3) is 0 Å². The zero-order valence-corrected chi connectivity index (χ0v) is 9.61. The van der Waals surface area contributed by atoms with Crippen LogP contribution in [-0.2, 0) is 16.0 Å². The summed E-state index contributed by atoms with van der Waals surface area (Å²) in [6.07, 6.45) is -0.130. The van der Waals surface area contributed by atoms with Gasteiger partial charge in [0.15, 0.2) is 0 Å². The summed E-state index contributed by atoms with van der Waals surface area (Å²) in [5.74, 6) is -1.96. The number of carbonyl (C=O) groups is 1. The van der Waals surface area contributed by atoms with E-state index in [2.05, 4.69) is 20.7 Å². The molecule has 82 valence electrons. The van der Waals surface area contributed by atoms with Gasteiger partial charge < -0.3 is 4.74 Å². The molecule has 0 heterocycles. The van der Waals surface area contributed by atoms with E-state index in [0.717, 1.165) is 12.1 Å². The summed E-state index contributed by atoms with van der Waals surface area (Å²) in [5, 5.41) is 0. The highest BCUT2D eigenvalue weighted by Gasteiger charge is 2.11. The van der Waals surface area contributed by atoms with E-state index in [1.165, 1.54) is 0 Å². The van der Waals surface area contributed by atoms with Gasteiger partial charge in [-0.15, -0.1) is 0 Å². The van der Waals surface area contributed by atoms with E-state index in [4.69, 9.17) is 0 Å². The zero-order valence-electron chi connectivity index (χ0n) is 8.02. The summed E-state index contributed by atoms with van der Waals surface area (Å²) in [7, 11) is 0. The van der Waals surface area contributed by atoms with Gasteiger partial charge in [0.1, 0.15) is 11.6 Å². The molecule has 0 saturated heterocycles. The van der Waals surface area contributed by atoms with E-state index >= 15 is 0 Å². The average Bonchev–Trinajstić information content (AvgIpc) is 2.14. The standard InChI is InChI=1S/C10H9BrF2O2/c1-2-15-9(14)5-6-3-7(12)10(11)8(13)4-6/h3-4H,2,5H2,1H3. The minimum atomic E-state index is -0.728. The minimum Gasteiger partial charge on any atom is -0.466 e. The summed E-state index contributed by atoms with van der Waals surface area (Å²) in [6.45, 7) is 1.92. The maximum atomic E-state index is 13.0. The van der Waals surface area contributed by atoms with Crippen LogP contribution in [0.4, 0.5) is 8.78 Å². The molecule has 0 atom stereocenters. The Balaban J connectivity index is 2.83. The third-order valence-electron chi connectivity index (χ3n) is 1.70. The summed E-state index contributed by atoms with van der Waals surface area (Å²) in [4.78, 5) is 11.0. The fourth-order valence-electron chi connectivity index (χ4n) is 1.09. The van der Waals surface area contributed by atoms with Crippen molar-refractivity contribution in [3.8, 4) is 0 Å². The molecular formula is C10H9BrF2O2. The Morgan fingerprint density at radius 3 is 2.40 bits per heavy atom. The number of hydrogen-bond acceptors (Lipinski definition) is 2. The molecule has 0 amide bonds. The molecule has 0 N–H and O–H groups in total. The van der Waals surface area contributed by atoms with E-state index in [9.17, 15) is 13.6 Å². The maximum absolute atomic E-state index is 13.0. The number of carbonyl (C=O) groups excluding carboxylic acids is 1. The van der Waals surface area contributed by atoms with Crippen LogP contribution >= 0.6 is 15.9 Å². The number of esters is 1. The van der Waals surface area contributed by atoms with Gasteiger partial charge in [0.2, 0.25) is 0 Å². The molecule has 0 aliphatic heterocycles. The second-order valence-corrected chi connectivity index (χ2v) is 3.65. The van der Waals surface area contributed by atoms with Crippen molar-refractivity contribution in [3.05, 3.63) is 33.8 Å². The zero-order chi connectivity index (χ0) is 11.4. The first-order valence-corrected chi connectivity index (χ1v) is 5.13. The average molecular weight is 279 g/mol. The van der Waals surface area contributed by atoms with Crippen LogP contribution in [0.15, 0.2) is 16.6 Å². The lowest BCUT2D eigenvalue weighted by atomic mass is 10.1. The van der Waals surface area contributed by atoms with Gasteiger partial charge in [-0.05, 0) is 40.5 Å². The topological polar surface area (TPSA) is 26.3 Å². The van der Waals surface area contributed by atoms with Crippen molar-refractivity contribution < 1.29 is 18.3 Å². The second kappa shape index (κ2) is 5.21. The molecule has 0 aromatic heterocycles. The molecule has 0 bridgehead atoms. The molecule has 0 saturated carbocycles. The SMILES string of the molecule is CCOC(=O)Cc1cc(F)c(Br)c(F)c1. The highest BCUT2D eigenvalue weighted by molar-refractivity contribution is 9.10. The second-order valence-electron chi connectivity index (χ2n) is 2.86. The number of benzene rings is 1. The van der Waals surface area contributed by atoms with Gasteiger partial charge in [-0.25, -0.2) is 8.78 Å². The fourth-order valence-corrected chi connectivity index (χ4v) is 1.32. The third-order valence-corrected chi connectivity index (χ3v) is 2.45. The Hall–Kier alpha value is -0.970. The molecule has 0 fully saturated rings. The van der Waals surface area contributed by atoms with Gasteiger partial charge in [-0.3, -0.25) is 4.79 Å². The Labute approximate surface area is 94.4 Å². The molecule has 0 aliphatic rings. The van der Waals surface area contributed by atoms with E-state index in [-0.39, 0.29) is 23.1 Å². The highest BCUT2D eigenvalue weighted by Crippen LogP contribution is 2.21. The van der Waals surface area contributed by atoms with Crippen LogP contribution in [0.25, 0.3) is 0 Å². The third kappa shape index (κ3) is 3.27. The Bertz CT molecular complexity index is 357. The summed E-state index contributed by atoms with van der Waals surface area (Å²) < 4.78 is 30.5.